The molecule has 124 valence electrons. The van der Waals surface area contributed by atoms with E-state index in [4.69, 9.17) is 15.2 Å². The third kappa shape index (κ3) is 3.71. The van der Waals surface area contributed by atoms with E-state index in [1.807, 2.05) is 17.6 Å². The highest BCUT2D eigenvalue weighted by atomic mass is 16.5. The van der Waals surface area contributed by atoms with Crippen LogP contribution in [0.1, 0.15) is 30.6 Å². The number of esters is 1. The van der Waals surface area contributed by atoms with E-state index in [1.54, 1.807) is 25.3 Å². The molecule has 2 aromatic rings. The maximum absolute atomic E-state index is 12.6. The Morgan fingerprint density at radius 3 is 2.74 bits per heavy atom. The van der Waals surface area contributed by atoms with Crippen molar-refractivity contribution in [3.8, 4) is 0 Å². The molecule has 1 aromatic carbocycles. The Labute approximate surface area is 134 Å². The van der Waals surface area contributed by atoms with E-state index in [0.717, 1.165) is 6.42 Å². The molecule has 0 amide bonds. The summed E-state index contributed by atoms with van der Waals surface area (Å²) in [7, 11) is 0. The number of fused-ring (bicyclic) bond motifs is 1. The van der Waals surface area contributed by atoms with Gasteiger partial charge in [0.1, 0.15) is 5.56 Å². The maximum Gasteiger partial charge on any atom is 0.343 e. The molecule has 6 nitrogen and oxygen atoms in total. The number of hydrogen-bond acceptors (Lipinski definition) is 5. The topological polar surface area (TPSA) is 83.5 Å². The Kier molecular flexibility index (Phi) is 5.76. The van der Waals surface area contributed by atoms with Gasteiger partial charge >= 0.3 is 5.97 Å². The minimum Gasteiger partial charge on any atom is -0.462 e. The molecule has 0 fully saturated rings. The summed E-state index contributed by atoms with van der Waals surface area (Å²) in [6.07, 6.45) is 2.32. The molecule has 0 saturated heterocycles. The summed E-state index contributed by atoms with van der Waals surface area (Å²) in [4.78, 5) is 24.6. The third-order valence-corrected chi connectivity index (χ3v) is 3.53. The number of carbonyl (C=O) groups is 1. The number of nitrogens with two attached hydrogens (primary N) is 1. The van der Waals surface area contributed by atoms with E-state index in [1.165, 1.54) is 0 Å². The van der Waals surface area contributed by atoms with Crippen LogP contribution in [0.3, 0.4) is 0 Å². The van der Waals surface area contributed by atoms with Crippen molar-refractivity contribution in [1.82, 2.24) is 4.57 Å². The van der Waals surface area contributed by atoms with Gasteiger partial charge in [-0.25, -0.2) is 4.79 Å². The first-order valence-electron chi connectivity index (χ1n) is 7.76. The summed E-state index contributed by atoms with van der Waals surface area (Å²) in [6.45, 7) is 5.74. The summed E-state index contributed by atoms with van der Waals surface area (Å²) in [6, 6.07) is 5.27. The van der Waals surface area contributed by atoms with Gasteiger partial charge in [0.15, 0.2) is 0 Å². The highest BCUT2D eigenvalue weighted by Gasteiger charge is 2.17. The first-order valence-corrected chi connectivity index (χ1v) is 7.76. The van der Waals surface area contributed by atoms with Crippen molar-refractivity contribution in [3.05, 3.63) is 40.2 Å². The van der Waals surface area contributed by atoms with E-state index in [2.05, 4.69) is 0 Å². The van der Waals surface area contributed by atoms with Crippen molar-refractivity contribution in [2.24, 2.45) is 0 Å². The van der Waals surface area contributed by atoms with Crippen LogP contribution in [0.25, 0.3) is 10.9 Å². The lowest BCUT2D eigenvalue weighted by Crippen LogP contribution is -2.22. The number of carbonyl (C=O) groups excluding carboxylic acids is 1. The Balaban J connectivity index is 2.51. The standard InChI is InChI=1S/C17H22N2O4/c1-3-22-10-6-9-19-11-12(17(21)23-4-2)16(20)15-13(18)7-5-8-14(15)19/h5,7-8,11H,3-4,6,9-10,18H2,1-2H3. The molecule has 0 aliphatic rings. The summed E-state index contributed by atoms with van der Waals surface area (Å²) in [5.74, 6) is -0.624. The van der Waals surface area contributed by atoms with Crippen molar-refractivity contribution in [3.63, 3.8) is 0 Å². The van der Waals surface area contributed by atoms with Crippen molar-refractivity contribution >= 4 is 22.6 Å². The molecule has 0 aliphatic carbocycles. The van der Waals surface area contributed by atoms with Gasteiger partial charge in [0.2, 0.25) is 5.43 Å². The predicted octanol–water partition coefficient (Wildman–Crippen LogP) is 2.19. The average Bonchev–Trinajstić information content (AvgIpc) is 2.53. The second kappa shape index (κ2) is 7.78. The van der Waals surface area contributed by atoms with E-state index < -0.39 is 11.4 Å². The van der Waals surface area contributed by atoms with Crippen LogP contribution >= 0.6 is 0 Å². The number of aromatic nitrogens is 1. The zero-order chi connectivity index (χ0) is 16.8. The maximum atomic E-state index is 12.6. The molecule has 1 aromatic heterocycles. The quantitative estimate of drug-likeness (QED) is 0.480. The highest BCUT2D eigenvalue weighted by Crippen LogP contribution is 2.19. The molecule has 0 aliphatic heterocycles. The Morgan fingerprint density at radius 1 is 1.26 bits per heavy atom. The first-order chi connectivity index (χ1) is 11.1. The second-order valence-corrected chi connectivity index (χ2v) is 5.08. The molecular weight excluding hydrogens is 296 g/mol. The van der Waals surface area contributed by atoms with Gasteiger partial charge in [-0.1, -0.05) is 6.07 Å². The lowest BCUT2D eigenvalue weighted by Gasteiger charge is -2.14. The Hall–Kier alpha value is -2.34. The molecule has 1 heterocycles. The van der Waals surface area contributed by atoms with E-state index in [9.17, 15) is 9.59 Å². The van der Waals surface area contributed by atoms with Gasteiger partial charge < -0.3 is 19.8 Å². The number of nitrogen functional groups attached to an aromatic ring is 1. The molecule has 0 saturated carbocycles. The third-order valence-electron chi connectivity index (χ3n) is 3.53. The van der Waals surface area contributed by atoms with Crippen molar-refractivity contribution in [2.45, 2.75) is 26.8 Å². The summed E-state index contributed by atoms with van der Waals surface area (Å²) in [5, 5.41) is 0.356. The van der Waals surface area contributed by atoms with Crippen LogP contribution in [-0.2, 0) is 16.0 Å². The Bertz CT molecular complexity index is 752. The molecule has 2 rings (SSSR count). The van der Waals surface area contributed by atoms with Gasteiger partial charge in [-0.15, -0.1) is 0 Å². The fourth-order valence-electron chi connectivity index (χ4n) is 2.48. The first kappa shape index (κ1) is 17.0. The zero-order valence-corrected chi connectivity index (χ0v) is 13.5. The number of pyridine rings is 1. The van der Waals surface area contributed by atoms with E-state index in [-0.39, 0.29) is 12.2 Å². The van der Waals surface area contributed by atoms with Gasteiger partial charge in [-0.3, -0.25) is 4.79 Å². The molecule has 0 bridgehead atoms. The molecule has 6 heteroatoms. The van der Waals surface area contributed by atoms with Crippen LogP contribution in [0, 0.1) is 0 Å². The Morgan fingerprint density at radius 2 is 2.04 bits per heavy atom. The van der Waals surface area contributed by atoms with E-state index >= 15 is 0 Å². The number of aryl methyl sites for hydroxylation is 1. The van der Waals surface area contributed by atoms with Crippen LogP contribution in [0.15, 0.2) is 29.2 Å². The lowest BCUT2D eigenvalue weighted by atomic mass is 10.1. The number of rotatable bonds is 7. The fourth-order valence-corrected chi connectivity index (χ4v) is 2.48. The smallest absolute Gasteiger partial charge is 0.343 e. The van der Waals surface area contributed by atoms with Crippen molar-refractivity contribution < 1.29 is 14.3 Å². The van der Waals surface area contributed by atoms with Gasteiger partial charge in [0.25, 0.3) is 0 Å². The van der Waals surface area contributed by atoms with E-state index in [0.29, 0.717) is 36.3 Å². The number of anilines is 1. The highest BCUT2D eigenvalue weighted by molar-refractivity contribution is 5.97. The largest absolute Gasteiger partial charge is 0.462 e. The zero-order valence-electron chi connectivity index (χ0n) is 13.5. The fraction of sp³-hybridized carbons (Fsp3) is 0.412. The van der Waals surface area contributed by atoms with Gasteiger partial charge in [-0.05, 0) is 32.4 Å². The molecule has 2 N–H and O–H groups in total. The number of hydrogen-bond donors (Lipinski definition) is 1. The normalized spacial score (nSPS) is 10.9. The molecule has 0 unspecified atom stereocenters. The molecule has 0 atom stereocenters. The summed E-state index contributed by atoms with van der Waals surface area (Å²) >= 11 is 0. The van der Waals surface area contributed by atoms with Gasteiger partial charge in [-0.2, -0.15) is 0 Å². The summed E-state index contributed by atoms with van der Waals surface area (Å²) < 4.78 is 12.2. The van der Waals surface area contributed by atoms with Crippen LogP contribution in [0.2, 0.25) is 0 Å². The number of nitrogens with zero attached hydrogens (tertiary/aromatic N) is 1. The van der Waals surface area contributed by atoms with Crippen molar-refractivity contribution in [2.75, 3.05) is 25.6 Å². The van der Waals surface area contributed by atoms with Crippen LogP contribution in [0.5, 0.6) is 0 Å². The van der Waals surface area contributed by atoms with Crippen molar-refractivity contribution in [1.29, 1.82) is 0 Å². The molecule has 0 radical (unpaired) electrons. The lowest BCUT2D eigenvalue weighted by molar-refractivity contribution is 0.0524. The molecule has 23 heavy (non-hydrogen) atoms. The van der Waals surface area contributed by atoms with Gasteiger partial charge in [0, 0.05) is 31.6 Å². The van der Waals surface area contributed by atoms with Crippen LogP contribution in [0.4, 0.5) is 5.69 Å². The average molecular weight is 318 g/mol. The SMILES string of the molecule is CCOCCCn1cc(C(=O)OCC)c(=O)c2c(N)cccc21. The van der Waals surface area contributed by atoms with Crippen LogP contribution in [-0.4, -0.2) is 30.4 Å². The predicted molar refractivity (Wildman–Crippen MR) is 89.7 cm³/mol. The minimum atomic E-state index is -0.624. The monoisotopic (exact) mass is 318 g/mol. The number of ether oxygens (including phenoxy) is 2. The summed E-state index contributed by atoms with van der Waals surface area (Å²) in [5.41, 5.74) is 6.64. The number of benzene rings is 1. The molecule has 0 spiro atoms. The molecular formula is C17H22N2O4. The van der Waals surface area contributed by atoms with Gasteiger partial charge in [0.05, 0.1) is 17.5 Å². The van der Waals surface area contributed by atoms with Crippen LogP contribution < -0.4 is 11.2 Å². The minimum absolute atomic E-state index is 0.00802. The second-order valence-electron chi connectivity index (χ2n) is 5.08.